The topological polar surface area (TPSA) is 79.5 Å². The summed E-state index contributed by atoms with van der Waals surface area (Å²) in [7, 11) is 1.45. The first kappa shape index (κ1) is 13.5. The zero-order chi connectivity index (χ0) is 14.0. The molecule has 1 N–H and O–H groups in total. The Morgan fingerprint density at radius 3 is 2.63 bits per heavy atom. The maximum atomic E-state index is 10.9. The van der Waals surface area contributed by atoms with Gasteiger partial charge in [-0.2, -0.15) is 4.98 Å². The van der Waals surface area contributed by atoms with Crippen LogP contribution in [-0.4, -0.2) is 33.3 Å². The molecule has 6 nitrogen and oxygen atoms in total. The molecule has 1 unspecified atom stereocenters. The van der Waals surface area contributed by atoms with Crippen LogP contribution in [0.5, 0.6) is 0 Å². The van der Waals surface area contributed by atoms with Gasteiger partial charge in [0.25, 0.3) is 0 Å². The summed E-state index contributed by atoms with van der Waals surface area (Å²) in [6, 6.07) is 6.96. The van der Waals surface area contributed by atoms with Gasteiger partial charge in [-0.25, -0.2) is 4.79 Å². The number of rotatable bonds is 3. The van der Waals surface area contributed by atoms with Gasteiger partial charge in [0.15, 0.2) is 0 Å². The summed E-state index contributed by atoms with van der Waals surface area (Å²) in [6.07, 6.45) is -1.05. The number of carbonyl (C=O) groups is 1. The first-order chi connectivity index (χ1) is 8.99. The number of hydrogen-bond acceptors (Lipinski definition) is 4. The van der Waals surface area contributed by atoms with Crippen molar-refractivity contribution < 1.29 is 14.4 Å². The monoisotopic (exact) mass is 325 g/mol. The Kier molecular flexibility index (Phi) is 3.84. The first-order valence-corrected chi connectivity index (χ1v) is 6.33. The minimum atomic E-state index is -1.05. The molecule has 100 valence electrons. The third-order valence-corrected chi connectivity index (χ3v) is 3.31. The summed E-state index contributed by atoms with van der Waals surface area (Å²) in [5, 5.41) is 12.8. The van der Waals surface area contributed by atoms with Crippen LogP contribution in [0.15, 0.2) is 33.3 Å². The predicted octanol–water partition coefficient (Wildman–Crippen LogP) is 3.17. The molecule has 0 fully saturated rings. The van der Waals surface area contributed by atoms with Gasteiger partial charge < -0.3 is 9.63 Å². The largest absolute Gasteiger partial charge is 0.465 e. The fraction of sp³-hybridized carbons (Fsp3) is 0.250. The van der Waals surface area contributed by atoms with Gasteiger partial charge in [-0.1, -0.05) is 21.1 Å². The predicted molar refractivity (Wildman–Crippen MR) is 71.6 cm³/mol. The van der Waals surface area contributed by atoms with E-state index < -0.39 is 12.1 Å². The molecule has 0 saturated carbocycles. The van der Waals surface area contributed by atoms with Gasteiger partial charge in [0.1, 0.15) is 6.04 Å². The second-order valence-corrected chi connectivity index (χ2v) is 4.95. The second kappa shape index (κ2) is 5.40. The number of nitrogens with zero attached hydrogens (tertiary/aromatic N) is 3. The van der Waals surface area contributed by atoms with Crippen LogP contribution in [0.25, 0.3) is 11.4 Å². The van der Waals surface area contributed by atoms with Crippen molar-refractivity contribution in [2.75, 3.05) is 7.05 Å². The van der Waals surface area contributed by atoms with E-state index in [1.807, 2.05) is 24.3 Å². The fourth-order valence-electron chi connectivity index (χ4n) is 1.45. The van der Waals surface area contributed by atoms with Crippen LogP contribution in [0.4, 0.5) is 4.79 Å². The normalized spacial score (nSPS) is 12.2. The molecule has 0 saturated heterocycles. The van der Waals surface area contributed by atoms with Crippen LogP contribution in [0.1, 0.15) is 18.9 Å². The molecule has 2 aromatic rings. The SMILES string of the molecule is CC(c1nc(-c2ccc(Br)cc2)no1)N(C)C(=O)O. The molecule has 1 amide bonds. The molecular formula is C12H12BrN3O3. The lowest BCUT2D eigenvalue weighted by Crippen LogP contribution is -2.28. The van der Waals surface area contributed by atoms with Crippen molar-refractivity contribution in [1.29, 1.82) is 0 Å². The molecular weight excluding hydrogens is 314 g/mol. The Morgan fingerprint density at radius 1 is 1.42 bits per heavy atom. The Morgan fingerprint density at radius 2 is 2.05 bits per heavy atom. The lowest BCUT2D eigenvalue weighted by atomic mass is 10.2. The van der Waals surface area contributed by atoms with E-state index >= 15 is 0 Å². The van der Waals surface area contributed by atoms with E-state index in [0.717, 1.165) is 14.9 Å². The van der Waals surface area contributed by atoms with Crippen molar-refractivity contribution in [3.05, 3.63) is 34.6 Å². The van der Waals surface area contributed by atoms with Crippen LogP contribution in [-0.2, 0) is 0 Å². The van der Waals surface area contributed by atoms with E-state index in [9.17, 15) is 4.79 Å². The van der Waals surface area contributed by atoms with Gasteiger partial charge in [-0.05, 0) is 31.2 Å². The second-order valence-electron chi connectivity index (χ2n) is 4.03. The summed E-state index contributed by atoms with van der Waals surface area (Å²) < 4.78 is 6.06. The molecule has 1 aromatic heterocycles. The number of hydrogen-bond donors (Lipinski definition) is 1. The molecule has 0 radical (unpaired) electrons. The number of halogens is 1. The van der Waals surface area contributed by atoms with Crippen LogP contribution >= 0.6 is 15.9 Å². The molecule has 0 aliphatic rings. The minimum absolute atomic E-state index is 0.266. The van der Waals surface area contributed by atoms with E-state index in [0.29, 0.717) is 5.82 Å². The van der Waals surface area contributed by atoms with Gasteiger partial charge in [-0.3, -0.25) is 4.90 Å². The van der Waals surface area contributed by atoms with Gasteiger partial charge in [0.05, 0.1) is 0 Å². The Balaban J connectivity index is 2.24. The van der Waals surface area contributed by atoms with Crippen LogP contribution in [0, 0.1) is 0 Å². The number of benzene rings is 1. The Hall–Kier alpha value is -1.89. The molecule has 0 aliphatic carbocycles. The molecule has 1 heterocycles. The van der Waals surface area contributed by atoms with E-state index in [1.165, 1.54) is 7.05 Å². The molecule has 1 aromatic carbocycles. The lowest BCUT2D eigenvalue weighted by molar-refractivity contribution is 0.132. The van der Waals surface area contributed by atoms with Crippen LogP contribution in [0.2, 0.25) is 0 Å². The van der Waals surface area contributed by atoms with Crippen molar-refractivity contribution >= 4 is 22.0 Å². The van der Waals surface area contributed by atoms with Crippen molar-refractivity contribution in [3.63, 3.8) is 0 Å². The summed E-state index contributed by atoms with van der Waals surface area (Å²) in [5.41, 5.74) is 0.809. The third kappa shape index (κ3) is 2.93. The molecule has 0 spiro atoms. The van der Waals surface area contributed by atoms with Crippen LogP contribution in [0.3, 0.4) is 0 Å². The standard InChI is InChI=1S/C12H12BrN3O3/c1-7(16(2)12(17)18)11-14-10(15-19-11)8-3-5-9(13)6-4-8/h3-7H,1-2H3,(H,17,18). The van der Waals surface area contributed by atoms with Gasteiger partial charge in [-0.15, -0.1) is 0 Å². The lowest BCUT2D eigenvalue weighted by Gasteiger charge is -2.17. The molecule has 0 aliphatic heterocycles. The highest BCUT2D eigenvalue weighted by Crippen LogP contribution is 2.22. The quantitative estimate of drug-likeness (QED) is 0.937. The third-order valence-electron chi connectivity index (χ3n) is 2.78. The maximum absolute atomic E-state index is 10.9. The summed E-state index contributed by atoms with van der Waals surface area (Å²) >= 11 is 3.35. The van der Waals surface area contributed by atoms with E-state index in [1.54, 1.807) is 6.92 Å². The van der Waals surface area contributed by atoms with Gasteiger partial charge >= 0.3 is 6.09 Å². The molecule has 1 atom stereocenters. The van der Waals surface area contributed by atoms with Crippen molar-refractivity contribution in [3.8, 4) is 11.4 Å². The highest BCUT2D eigenvalue weighted by atomic mass is 79.9. The van der Waals surface area contributed by atoms with Gasteiger partial charge in [0, 0.05) is 17.1 Å². The molecule has 19 heavy (non-hydrogen) atoms. The Labute approximate surface area is 118 Å². The van der Waals surface area contributed by atoms with Crippen molar-refractivity contribution in [2.45, 2.75) is 13.0 Å². The van der Waals surface area contributed by atoms with Crippen LogP contribution < -0.4 is 0 Å². The highest BCUT2D eigenvalue weighted by Gasteiger charge is 2.22. The number of carboxylic acid groups (broad SMARTS) is 1. The summed E-state index contributed by atoms with van der Waals surface area (Å²) in [6.45, 7) is 1.69. The zero-order valence-electron chi connectivity index (χ0n) is 10.4. The first-order valence-electron chi connectivity index (χ1n) is 5.54. The summed E-state index contributed by atoms with van der Waals surface area (Å²) in [4.78, 5) is 16.2. The van der Waals surface area contributed by atoms with Crippen molar-refractivity contribution in [1.82, 2.24) is 15.0 Å². The molecule has 0 bridgehead atoms. The molecule has 7 heteroatoms. The fourth-order valence-corrected chi connectivity index (χ4v) is 1.72. The minimum Gasteiger partial charge on any atom is -0.465 e. The van der Waals surface area contributed by atoms with E-state index in [4.69, 9.17) is 9.63 Å². The van der Waals surface area contributed by atoms with Crippen molar-refractivity contribution in [2.24, 2.45) is 0 Å². The number of aromatic nitrogens is 2. The average Bonchev–Trinajstić information content (AvgIpc) is 2.87. The maximum Gasteiger partial charge on any atom is 0.407 e. The average molecular weight is 326 g/mol. The summed E-state index contributed by atoms with van der Waals surface area (Å²) in [5.74, 6) is 0.705. The smallest absolute Gasteiger partial charge is 0.407 e. The zero-order valence-corrected chi connectivity index (χ0v) is 12.0. The van der Waals surface area contributed by atoms with E-state index in [2.05, 4.69) is 26.1 Å². The van der Waals surface area contributed by atoms with Gasteiger partial charge in [0.2, 0.25) is 11.7 Å². The highest BCUT2D eigenvalue weighted by molar-refractivity contribution is 9.10. The molecule has 2 rings (SSSR count). The number of amides is 1. The Bertz CT molecular complexity index is 582. The van der Waals surface area contributed by atoms with E-state index in [-0.39, 0.29) is 5.89 Å².